The van der Waals surface area contributed by atoms with E-state index in [1.54, 1.807) is 0 Å². The van der Waals surface area contributed by atoms with E-state index in [9.17, 15) is 26.0 Å². The van der Waals surface area contributed by atoms with Crippen molar-refractivity contribution in [2.24, 2.45) is 0 Å². The topological polar surface area (TPSA) is 116 Å². The fraction of sp³-hybridized carbons (Fsp3) is 0.500. The molecule has 0 aliphatic carbocycles. The van der Waals surface area contributed by atoms with Gasteiger partial charge in [0.05, 0.1) is 0 Å². The highest BCUT2D eigenvalue weighted by atomic mass is 32.3. The van der Waals surface area contributed by atoms with Crippen LogP contribution in [0.2, 0.25) is 0 Å². The second-order valence-electron chi connectivity index (χ2n) is 2.45. The maximum atomic E-state index is 11.8. The smallest absolute Gasteiger partial charge is 0.349 e. The third kappa shape index (κ3) is 7.79. The molecule has 1 N–H and O–H groups in total. The molecule has 0 aromatic rings. The second kappa shape index (κ2) is 6.64. The number of halogens is 1. The van der Waals surface area contributed by atoms with Gasteiger partial charge in [0.1, 0.15) is 13.2 Å². The molecule has 8 nitrogen and oxygen atoms in total. The molecule has 0 atom stereocenters. The Balaban J connectivity index is 4.12. The molecule has 11 heteroatoms. The quantitative estimate of drug-likeness (QED) is 0.340. The molecule has 100 valence electrons. The standard InChI is InChI=1S/C6H10FNO7S2/c1-2-6(9)14-3-4-15-17(12,13)8-16(10,11)5-7/h2,8H,1,3-5H2. The normalized spacial score (nSPS) is 12.1. The van der Waals surface area contributed by atoms with Gasteiger partial charge in [-0.3, -0.25) is 4.18 Å². The minimum absolute atomic E-state index is 0.429. The van der Waals surface area contributed by atoms with Gasteiger partial charge < -0.3 is 4.74 Å². The van der Waals surface area contributed by atoms with Crippen LogP contribution in [0, 0.1) is 0 Å². The summed E-state index contributed by atoms with van der Waals surface area (Å²) in [4.78, 5) is 10.5. The first kappa shape index (κ1) is 16.0. The van der Waals surface area contributed by atoms with Gasteiger partial charge in [-0.25, -0.2) is 17.6 Å². The maximum Gasteiger partial charge on any atom is 0.349 e. The van der Waals surface area contributed by atoms with Crippen molar-refractivity contribution < 1.29 is 34.9 Å². The van der Waals surface area contributed by atoms with Crippen LogP contribution in [0.25, 0.3) is 0 Å². The molecule has 0 bridgehead atoms. The van der Waals surface area contributed by atoms with Crippen molar-refractivity contribution in [3.05, 3.63) is 12.7 Å². The van der Waals surface area contributed by atoms with Gasteiger partial charge >= 0.3 is 16.3 Å². The van der Waals surface area contributed by atoms with Crippen molar-refractivity contribution in [1.82, 2.24) is 4.13 Å². The molecule has 0 aromatic carbocycles. The molecule has 0 aromatic heterocycles. The summed E-state index contributed by atoms with van der Waals surface area (Å²) in [5, 5.41) is 0. The Kier molecular flexibility index (Phi) is 6.23. The number of nitrogens with one attached hydrogen (secondary N) is 1. The highest BCUT2D eigenvalue weighted by Crippen LogP contribution is 1.94. The second-order valence-corrected chi connectivity index (χ2v) is 5.71. The third-order valence-corrected chi connectivity index (χ3v) is 3.70. The molecule has 0 fully saturated rings. The lowest BCUT2D eigenvalue weighted by atomic mass is 10.6. The molecular weight excluding hydrogens is 281 g/mol. The van der Waals surface area contributed by atoms with Crippen LogP contribution in [0.4, 0.5) is 4.39 Å². The van der Waals surface area contributed by atoms with Crippen molar-refractivity contribution in [3.8, 4) is 0 Å². The van der Waals surface area contributed by atoms with Crippen LogP contribution in [0.3, 0.4) is 0 Å². The number of alkyl halides is 1. The number of ether oxygens (including phenoxy) is 1. The maximum absolute atomic E-state index is 11.8. The van der Waals surface area contributed by atoms with Gasteiger partial charge in [0.15, 0.2) is 0 Å². The molecule has 0 unspecified atom stereocenters. The number of sulfonamides is 1. The van der Waals surface area contributed by atoms with E-state index < -0.39 is 45.5 Å². The molecule has 0 amide bonds. The molecule has 0 spiro atoms. The Morgan fingerprint density at radius 2 is 1.88 bits per heavy atom. The van der Waals surface area contributed by atoms with Crippen molar-refractivity contribution in [2.75, 3.05) is 19.2 Å². The molecule has 17 heavy (non-hydrogen) atoms. The molecular formula is C6H10FNO7S2. The average Bonchev–Trinajstić information content (AvgIpc) is 2.22. The molecule has 0 aliphatic rings. The van der Waals surface area contributed by atoms with Crippen LogP contribution in [0.1, 0.15) is 0 Å². The monoisotopic (exact) mass is 291 g/mol. The summed E-state index contributed by atoms with van der Waals surface area (Å²) in [7, 11) is -9.24. The van der Waals surface area contributed by atoms with Gasteiger partial charge in [0.25, 0.3) is 10.0 Å². The Bertz CT molecular complexity index is 469. The van der Waals surface area contributed by atoms with E-state index in [1.165, 1.54) is 0 Å². The zero-order valence-electron chi connectivity index (χ0n) is 8.46. The summed E-state index contributed by atoms with van der Waals surface area (Å²) in [6.07, 6.45) is 0.848. The van der Waals surface area contributed by atoms with Crippen molar-refractivity contribution in [1.29, 1.82) is 0 Å². The SMILES string of the molecule is C=CC(=O)OCCOS(=O)(=O)NS(=O)(=O)CF. The highest BCUT2D eigenvalue weighted by Gasteiger charge is 2.21. The lowest BCUT2D eigenvalue weighted by Crippen LogP contribution is -2.33. The van der Waals surface area contributed by atoms with Crippen LogP contribution in [0.15, 0.2) is 12.7 Å². The van der Waals surface area contributed by atoms with Gasteiger partial charge in [-0.2, -0.15) is 8.42 Å². The molecule has 0 saturated heterocycles. The van der Waals surface area contributed by atoms with Crippen LogP contribution in [-0.4, -0.2) is 42.0 Å². The predicted octanol–water partition coefficient (Wildman–Crippen LogP) is -1.18. The van der Waals surface area contributed by atoms with E-state index in [-0.39, 0.29) is 0 Å². The first-order chi connectivity index (χ1) is 7.72. The average molecular weight is 291 g/mol. The predicted molar refractivity (Wildman–Crippen MR) is 54.1 cm³/mol. The molecule has 0 radical (unpaired) electrons. The molecule has 0 aliphatic heterocycles. The summed E-state index contributed by atoms with van der Waals surface area (Å²) in [5.74, 6) is -0.796. The van der Waals surface area contributed by atoms with Crippen LogP contribution in [-0.2, 0) is 34.0 Å². The number of hydrogen-bond donors (Lipinski definition) is 1. The fourth-order valence-corrected chi connectivity index (χ4v) is 2.45. The zero-order chi connectivity index (χ0) is 13.5. The zero-order valence-corrected chi connectivity index (χ0v) is 10.1. The van der Waals surface area contributed by atoms with E-state index in [0.717, 1.165) is 10.2 Å². The van der Waals surface area contributed by atoms with Crippen LogP contribution >= 0.6 is 0 Å². The highest BCUT2D eigenvalue weighted by molar-refractivity contribution is 8.02. The summed E-state index contributed by atoms with van der Waals surface area (Å²) in [6.45, 7) is 2.04. The van der Waals surface area contributed by atoms with E-state index in [4.69, 9.17) is 0 Å². The summed E-state index contributed by atoms with van der Waals surface area (Å²) in [5.41, 5.74) is 0. The van der Waals surface area contributed by atoms with E-state index in [2.05, 4.69) is 15.5 Å². The fourth-order valence-electron chi connectivity index (χ4n) is 0.547. The van der Waals surface area contributed by atoms with Gasteiger partial charge in [-0.15, -0.1) is 0 Å². The minimum Gasteiger partial charge on any atom is -0.460 e. The number of carbonyl (C=O) groups is 1. The summed E-state index contributed by atoms with van der Waals surface area (Å²) in [6, 6.07) is -1.90. The lowest BCUT2D eigenvalue weighted by molar-refractivity contribution is -0.138. The van der Waals surface area contributed by atoms with E-state index in [1.807, 2.05) is 0 Å². The first-order valence-corrected chi connectivity index (χ1v) is 7.04. The lowest BCUT2D eigenvalue weighted by Gasteiger charge is -2.05. The van der Waals surface area contributed by atoms with Crippen molar-refractivity contribution in [3.63, 3.8) is 0 Å². The van der Waals surface area contributed by atoms with Crippen LogP contribution in [0.5, 0.6) is 0 Å². The summed E-state index contributed by atoms with van der Waals surface area (Å²) >= 11 is 0. The molecule has 0 heterocycles. The van der Waals surface area contributed by atoms with E-state index in [0.29, 0.717) is 0 Å². The Hall–Kier alpha value is -1.04. The van der Waals surface area contributed by atoms with Crippen LogP contribution < -0.4 is 4.13 Å². The van der Waals surface area contributed by atoms with Crippen molar-refractivity contribution >= 4 is 26.3 Å². The number of hydrogen-bond acceptors (Lipinski definition) is 7. The largest absolute Gasteiger partial charge is 0.460 e. The van der Waals surface area contributed by atoms with Gasteiger partial charge in [-0.05, 0) is 0 Å². The molecule has 0 rings (SSSR count). The van der Waals surface area contributed by atoms with Crippen molar-refractivity contribution in [2.45, 2.75) is 0 Å². The number of carbonyl (C=O) groups excluding carboxylic acids is 1. The van der Waals surface area contributed by atoms with E-state index >= 15 is 0 Å². The summed E-state index contributed by atoms with van der Waals surface area (Å²) < 4.78 is 64.0. The first-order valence-electron chi connectivity index (χ1n) is 3.98. The Morgan fingerprint density at radius 1 is 1.29 bits per heavy atom. The molecule has 0 saturated carbocycles. The number of esters is 1. The van der Waals surface area contributed by atoms with Gasteiger partial charge in [0.2, 0.25) is 6.01 Å². The Morgan fingerprint density at radius 3 is 2.35 bits per heavy atom. The van der Waals surface area contributed by atoms with Gasteiger partial charge in [-0.1, -0.05) is 10.7 Å². The number of rotatable bonds is 8. The third-order valence-electron chi connectivity index (χ3n) is 1.11. The minimum atomic E-state index is -4.65. The Labute approximate surface area is 97.7 Å². The van der Waals surface area contributed by atoms with Gasteiger partial charge in [0, 0.05) is 6.08 Å².